The predicted molar refractivity (Wildman–Crippen MR) is 136 cm³/mol. The minimum Gasteiger partial charge on any atom is -0.353 e. The van der Waals surface area contributed by atoms with Gasteiger partial charge in [0.2, 0.25) is 5.91 Å². The Balaban J connectivity index is 1.59. The van der Waals surface area contributed by atoms with Crippen LogP contribution in [-0.4, -0.2) is 39.3 Å². The molecule has 4 rings (SSSR count). The number of carbonyl (C=O) groups is 2. The molecular weight excluding hydrogens is 422 g/mol. The molecule has 4 aromatic rings. The van der Waals surface area contributed by atoms with Gasteiger partial charge in [0.05, 0.1) is 6.54 Å². The van der Waals surface area contributed by atoms with Crippen molar-refractivity contribution >= 4 is 22.6 Å². The Labute approximate surface area is 200 Å². The molecule has 0 aliphatic carbocycles. The summed E-state index contributed by atoms with van der Waals surface area (Å²) in [6.45, 7) is 5.00. The molecule has 5 nitrogen and oxygen atoms in total. The van der Waals surface area contributed by atoms with Crippen molar-refractivity contribution in [3.8, 4) is 0 Å². The van der Waals surface area contributed by atoms with E-state index < -0.39 is 0 Å². The molecule has 34 heavy (non-hydrogen) atoms. The average Bonchev–Trinajstić information content (AvgIpc) is 3.27. The summed E-state index contributed by atoms with van der Waals surface area (Å²) in [5.41, 5.74) is 2.66. The highest BCUT2D eigenvalue weighted by molar-refractivity contribution is 6.07. The van der Waals surface area contributed by atoms with E-state index in [-0.39, 0.29) is 24.9 Å². The third-order valence-corrected chi connectivity index (χ3v) is 5.96. The summed E-state index contributed by atoms with van der Waals surface area (Å²) >= 11 is 0. The molecule has 2 amide bonds. The molecule has 5 heteroatoms. The monoisotopic (exact) mass is 451 g/mol. The Kier molecular flexibility index (Phi) is 7.23. The largest absolute Gasteiger partial charge is 0.353 e. The van der Waals surface area contributed by atoms with Crippen LogP contribution < -0.4 is 0 Å². The summed E-state index contributed by atoms with van der Waals surface area (Å²) in [6.07, 6.45) is 3.63. The molecule has 1 aromatic heterocycles. The van der Waals surface area contributed by atoms with Gasteiger partial charge in [0.1, 0.15) is 6.54 Å². The normalized spacial score (nSPS) is 10.7. The maximum Gasteiger partial charge on any atom is 0.255 e. The highest BCUT2D eigenvalue weighted by atomic mass is 16.2. The van der Waals surface area contributed by atoms with Crippen molar-refractivity contribution in [3.05, 3.63) is 121 Å². The van der Waals surface area contributed by atoms with E-state index in [9.17, 15) is 9.59 Å². The van der Waals surface area contributed by atoms with E-state index in [4.69, 9.17) is 0 Å². The van der Waals surface area contributed by atoms with Crippen LogP contribution in [0.4, 0.5) is 0 Å². The van der Waals surface area contributed by atoms with Crippen molar-refractivity contribution in [2.75, 3.05) is 13.1 Å². The number of hydrogen-bond donors (Lipinski definition) is 0. The summed E-state index contributed by atoms with van der Waals surface area (Å²) in [5.74, 6) is -0.288. The van der Waals surface area contributed by atoms with Gasteiger partial charge in [-0.05, 0) is 34.5 Å². The molecule has 0 radical (unpaired) electrons. The summed E-state index contributed by atoms with van der Waals surface area (Å²) < 4.78 is 2.01. The minimum absolute atomic E-state index is 0.0225. The molecule has 0 spiro atoms. The first kappa shape index (κ1) is 23.1. The first-order chi connectivity index (χ1) is 16.6. The molecule has 1 heterocycles. The Hall–Kier alpha value is -4.12. The first-order valence-corrected chi connectivity index (χ1v) is 11.4. The Morgan fingerprint density at radius 3 is 2.32 bits per heavy atom. The number of aromatic nitrogens is 1. The van der Waals surface area contributed by atoms with Gasteiger partial charge in [0.25, 0.3) is 5.91 Å². The molecular formula is C29H29N3O2. The van der Waals surface area contributed by atoms with Gasteiger partial charge in [-0.2, -0.15) is 0 Å². The molecule has 0 fully saturated rings. The molecule has 172 valence electrons. The van der Waals surface area contributed by atoms with Gasteiger partial charge in [-0.3, -0.25) is 9.59 Å². The van der Waals surface area contributed by atoms with Crippen molar-refractivity contribution in [2.24, 2.45) is 7.05 Å². The van der Waals surface area contributed by atoms with E-state index in [1.165, 1.54) is 0 Å². The maximum atomic E-state index is 13.6. The Morgan fingerprint density at radius 1 is 0.853 bits per heavy atom. The highest BCUT2D eigenvalue weighted by Crippen LogP contribution is 2.20. The van der Waals surface area contributed by atoms with Crippen LogP contribution in [-0.2, 0) is 24.9 Å². The number of fused-ring (bicyclic) bond motifs is 1. The summed E-state index contributed by atoms with van der Waals surface area (Å²) in [4.78, 5) is 30.5. The Bertz CT molecular complexity index is 1290. The zero-order valence-electron chi connectivity index (χ0n) is 19.4. The number of nitrogens with zero attached hydrogens (tertiary/aromatic N) is 3. The number of aryl methyl sites for hydroxylation is 1. The molecule has 0 saturated carbocycles. The standard InChI is InChI=1S/C29H29N3O2/c1-3-18-31(29(34)27-17-9-14-24-13-7-8-16-26(24)27)22-28(33)32(20-23-11-5-4-6-12-23)21-25-15-10-19-30(25)2/h3-17,19H,1,18,20-22H2,2H3. The minimum atomic E-state index is -0.177. The summed E-state index contributed by atoms with van der Waals surface area (Å²) in [7, 11) is 1.97. The lowest BCUT2D eigenvalue weighted by molar-refractivity contribution is -0.133. The molecule has 0 bridgehead atoms. The predicted octanol–water partition coefficient (Wildman–Crippen LogP) is 5.04. The molecule has 0 atom stereocenters. The van der Waals surface area contributed by atoms with Gasteiger partial charge in [0.15, 0.2) is 0 Å². The molecule has 0 N–H and O–H groups in total. The quantitative estimate of drug-likeness (QED) is 0.335. The van der Waals surface area contributed by atoms with E-state index in [1.54, 1.807) is 15.9 Å². The second kappa shape index (κ2) is 10.7. The van der Waals surface area contributed by atoms with Crippen LogP contribution in [0.1, 0.15) is 21.6 Å². The fourth-order valence-electron chi connectivity index (χ4n) is 4.11. The fourth-order valence-corrected chi connectivity index (χ4v) is 4.11. The van der Waals surface area contributed by atoms with Gasteiger partial charge in [-0.1, -0.05) is 72.8 Å². The zero-order chi connectivity index (χ0) is 23.9. The van der Waals surface area contributed by atoms with Crippen LogP contribution in [0.5, 0.6) is 0 Å². The van der Waals surface area contributed by atoms with Gasteiger partial charge in [-0.15, -0.1) is 6.58 Å². The fraction of sp³-hybridized carbons (Fsp3) is 0.172. The number of carbonyl (C=O) groups excluding carboxylic acids is 2. The molecule has 0 aliphatic heterocycles. The van der Waals surface area contributed by atoms with Gasteiger partial charge >= 0.3 is 0 Å². The van der Waals surface area contributed by atoms with E-state index in [0.29, 0.717) is 18.7 Å². The highest BCUT2D eigenvalue weighted by Gasteiger charge is 2.23. The van der Waals surface area contributed by atoms with Gasteiger partial charge in [-0.25, -0.2) is 0 Å². The number of hydrogen-bond acceptors (Lipinski definition) is 2. The van der Waals surface area contributed by atoms with Crippen molar-refractivity contribution in [2.45, 2.75) is 13.1 Å². The Morgan fingerprint density at radius 2 is 1.59 bits per heavy atom. The molecule has 3 aromatic carbocycles. The number of rotatable bonds is 9. The lowest BCUT2D eigenvalue weighted by Gasteiger charge is -2.28. The van der Waals surface area contributed by atoms with Gasteiger partial charge < -0.3 is 14.4 Å². The number of amides is 2. The average molecular weight is 452 g/mol. The van der Waals surface area contributed by atoms with Crippen LogP contribution in [0.25, 0.3) is 10.8 Å². The SMILES string of the molecule is C=CCN(CC(=O)N(Cc1ccccc1)Cc1cccn1C)C(=O)c1cccc2ccccc12. The maximum absolute atomic E-state index is 13.6. The number of benzene rings is 3. The smallest absolute Gasteiger partial charge is 0.255 e. The first-order valence-electron chi connectivity index (χ1n) is 11.4. The lowest BCUT2D eigenvalue weighted by atomic mass is 10.0. The van der Waals surface area contributed by atoms with E-state index in [1.807, 2.05) is 103 Å². The molecule has 0 aliphatic rings. The second-order valence-electron chi connectivity index (χ2n) is 8.35. The second-order valence-corrected chi connectivity index (χ2v) is 8.35. The van der Waals surface area contributed by atoms with Gasteiger partial charge in [0, 0.05) is 37.6 Å². The molecule has 0 saturated heterocycles. The van der Waals surface area contributed by atoms with Crippen LogP contribution in [0, 0.1) is 0 Å². The summed E-state index contributed by atoms with van der Waals surface area (Å²) in [6, 6.07) is 27.4. The van der Waals surface area contributed by atoms with Crippen molar-refractivity contribution in [1.29, 1.82) is 0 Å². The van der Waals surface area contributed by atoms with Crippen molar-refractivity contribution in [3.63, 3.8) is 0 Å². The summed E-state index contributed by atoms with van der Waals surface area (Å²) in [5, 5.41) is 1.87. The van der Waals surface area contributed by atoms with E-state index in [0.717, 1.165) is 22.0 Å². The lowest BCUT2D eigenvalue weighted by Crippen LogP contribution is -2.42. The van der Waals surface area contributed by atoms with Crippen LogP contribution >= 0.6 is 0 Å². The topological polar surface area (TPSA) is 45.6 Å². The third-order valence-electron chi connectivity index (χ3n) is 5.96. The zero-order valence-corrected chi connectivity index (χ0v) is 19.4. The van der Waals surface area contributed by atoms with Crippen molar-refractivity contribution in [1.82, 2.24) is 14.4 Å². The molecule has 0 unspecified atom stereocenters. The third kappa shape index (κ3) is 5.26. The van der Waals surface area contributed by atoms with Crippen LogP contribution in [0.2, 0.25) is 0 Å². The van der Waals surface area contributed by atoms with E-state index in [2.05, 4.69) is 6.58 Å². The van der Waals surface area contributed by atoms with Crippen LogP contribution in [0.3, 0.4) is 0 Å². The van der Waals surface area contributed by atoms with Crippen LogP contribution in [0.15, 0.2) is 104 Å². The van der Waals surface area contributed by atoms with Crippen molar-refractivity contribution < 1.29 is 9.59 Å². The van der Waals surface area contributed by atoms with E-state index >= 15 is 0 Å².